The van der Waals surface area contributed by atoms with Crippen LogP contribution in [0.2, 0.25) is 0 Å². The third-order valence-corrected chi connectivity index (χ3v) is 3.01. The summed E-state index contributed by atoms with van der Waals surface area (Å²) in [6.45, 7) is 3.39. The maximum absolute atomic E-state index is 5.42. The van der Waals surface area contributed by atoms with Gasteiger partial charge in [0, 0.05) is 24.4 Å². The van der Waals surface area contributed by atoms with Crippen molar-refractivity contribution in [2.75, 3.05) is 20.8 Å². The van der Waals surface area contributed by atoms with Gasteiger partial charge in [0.1, 0.15) is 5.82 Å². The van der Waals surface area contributed by atoms with Crippen molar-refractivity contribution < 1.29 is 9.47 Å². The fourth-order valence-corrected chi connectivity index (χ4v) is 1.91. The van der Waals surface area contributed by atoms with Crippen LogP contribution in [-0.2, 0) is 24.2 Å². The van der Waals surface area contributed by atoms with Crippen molar-refractivity contribution in [2.45, 2.75) is 32.4 Å². The second-order valence-corrected chi connectivity index (χ2v) is 4.27. The number of aromatic nitrogens is 2. The lowest BCUT2D eigenvalue weighted by Gasteiger charge is -2.19. The fraction of sp³-hybridized carbons (Fsp3) is 0.667. The Balaban J connectivity index is 2.29. The van der Waals surface area contributed by atoms with Gasteiger partial charge in [-0.25, -0.2) is 4.98 Å². The summed E-state index contributed by atoms with van der Waals surface area (Å²) in [6.07, 6.45) is 1.63. The van der Waals surface area contributed by atoms with Gasteiger partial charge in [0.05, 0.1) is 26.0 Å². The lowest BCUT2D eigenvalue weighted by molar-refractivity contribution is 0.105. The number of nitrogens with zero attached hydrogens (tertiary/aromatic N) is 2. The van der Waals surface area contributed by atoms with Crippen molar-refractivity contribution in [3.63, 3.8) is 0 Å². The second-order valence-electron chi connectivity index (χ2n) is 4.27. The van der Waals surface area contributed by atoms with E-state index in [0.29, 0.717) is 18.5 Å². The predicted octanol–water partition coefficient (Wildman–Crippen LogP) is 0.708. The zero-order chi connectivity index (χ0) is 12.3. The molecule has 0 aromatic carbocycles. The molecule has 1 unspecified atom stereocenters. The first-order valence-corrected chi connectivity index (χ1v) is 5.92. The van der Waals surface area contributed by atoms with Crippen LogP contribution in [0.3, 0.4) is 0 Å². The van der Waals surface area contributed by atoms with E-state index in [4.69, 9.17) is 9.47 Å². The molecule has 1 aliphatic rings. The van der Waals surface area contributed by atoms with Gasteiger partial charge in [-0.2, -0.15) is 4.98 Å². The van der Waals surface area contributed by atoms with Crippen molar-refractivity contribution in [3.05, 3.63) is 17.1 Å². The first kappa shape index (κ1) is 12.3. The predicted molar refractivity (Wildman–Crippen MR) is 64.2 cm³/mol. The van der Waals surface area contributed by atoms with E-state index in [1.165, 1.54) is 0 Å². The van der Waals surface area contributed by atoms with Gasteiger partial charge in [-0.05, 0) is 14.0 Å². The highest BCUT2D eigenvalue weighted by Crippen LogP contribution is 2.23. The van der Waals surface area contributed by atoms with E-state index in [-0.39, 0.29) is 0 Å². The summed E-state index contributed by atoms with van der Waals surface area (Å²) in [5.41, 5.74) is 2.07. The molecule has 17 heavy (non-hydrogen) atoms. The Bertz CT molecular complexity index is 378. The van der Waals surface area contributed by atoms with Crippen LogP contribution in [0.1, 0.15) is 24.0 Å². The maximum atomic E-state index is 5.42. The topological polar surface area (TPSA) is 56.3 Å². The van der Waals surface area contributed by atoms with Crippen molar-refractivity contribution >= 4 is 0 Å². The molecular formula is C12H19N3O2. The summed E-state index contributed by atoms with van der Waals surface area (Å²) in [6, 6.07) is 0.349. The van der Waals surface area contributed by atoms with Gasteiger partial charge in [0.15, 0.2) is 0 Å². The van der Waals surface area contributed by atoms with Crippen LogP contribution in [0, 0.1) is 0 Å². The molecule has 1 aromatic rings. The number of nitrogens with one attached hydrogen (secondary N) is 1. The van der Waals surface area contributed by atoms with Crippen molar-refractivity contribution in [2.24, 2.45) is 0 Å². The highest BCUT2D eigenvalue weighted by atomic mass is 16.5. The molecule has 0 saturated heterocycles. The van der Waals surface area contributed by atoms with Crippen LogP contribution in [0.5, 0.6) is 5.88 Å². The molecule has 0 spiro atoms. The summed E-state index contributed by atoms with van der Waals surface area (Å²) in [5, 5.41) is 3.18. The van der Waals surface area contributed by atoms with Gasteiger partial charge in [0.2, 0.25) is 5.88 Å². The number of likely N-dealkylation sites (N-methyl/N-ethyl adjacent to an activating group) is 1. The van der Waals surface area contributed by atoms with Crippen molar-refractivity contribution in [1.29, 1.82) is 0 Å². The van der Waals surface area contributed by atoms with Crippen LogP contribution in [0.4, 0.5) is 0 Å². The normalized spacial score (nSPS) is 16.4. The highest BCUT2D eigenvalue weighted by Gasteiger charge is 2.19. The van der Waals surface area contributed by atoms with Gasteiger partial charge >= 0.3 is 0 Å². The average molecular weight is 237 g/mol. The lowest BCUT2D eigenvalue weighted by atomic mass is 10.1. The first-order chi connectivity index (χ1) is 8.24. The molecule has 0 bridgehead atoms. The summed E-state index contributed by atoms with van der Waals surface area (Å²) >= 11 is 0. The summed E-state index contributed by atoms with van der Waals surface area (Å²) in [7, 11) is 3.59. The summed E-state index contributed by atoms with van der Waals surface area (Å²) in [4.78, 5) is 9.02. The fourth-order valence-electron chi connectivity index (χ4n) is 1.91. The Morgan fingerprint density at radius 1 is 1.47 bits per heavy atom. The third kappa shape index (κ3) is 2.73. The molecule has 0 amide bonds. The minimum atomic E-state index is 0.349. The highest BCUT2D eigenvalue weighted by molar-refractivity contribution is 5.32. The van der Waals surface area contributed by atoms with E-state index < -0.39 is 0 Å². The van der Waals surface area contributed by atoms with Crippen LogP contribution < -0.4 is 10.1 Å². The number of hydrogen-bond donors (Lipinski definition) is 1. The summed E-state index contributed by atoms with van der Waals surface area (Å²) in [5.74, 6) is 1.52. The Hall–Kier alpha value is -1.20. The maximum Gasteiger partial charge on any atom is 0.220 e. The van der Waals surface area contributed by atoms with Gasteiger partial charge in [-0.1, -0.05) is 0 Å². The Kier molecular flexibility index (Phi) is 3.91. The minimum Gasteiger partial charge on any atom is -0.481 e. The van der Waals surface area contributed by atoms with Gasteiger partial charge in [0.25, 0.3) is 0 Å². The molecule has 1 N–H and O–H groups in total. The molecule has 94 valence electrons. The number of fused-ring (bicyclic) bond motifs is 1. The molecule has 0 radical (unpaired) electrons. The Morgan fingerprint density at radius 3 is 3.00 bits per heavy atom. The van der Waals surface area contributed by atoms with E-state index in [2.05, 4.69) is 22.2 Å². The smallest absolute Gasteiger partial charge is 0.220 e. The quantitative estimate of drug-likeness (QED) is 0.835. The second kappa shape index (κ2) is 5.42. The minimum absolute atomic E-state index is 0.349. The van der Waals surface area contributed by atoms with Crippen molar-refractivity contribution in [1.82, 2.24) is 15.3 Å². The molecule has 2 rings (SSSR count). The standard InChI is InChI=1S/C12H19N3O2/c1-8(13-2)6-11-14-10-7-17-5-4-9(10)12(15-11)16-3/h8,13H,4-7H2,1-3H3. The molecule has 0 aliphatic carbocycles. The number of rotatable bonds is 4. The Morgan fingerprint density at radius 2 is 2.29 bits per heavy atom. The molecule has 1 atom stereocenters. The number of methoxy groups -OCH3 is 1. The molecule has 0 saturated carbocycles. The molecule has 0 fully saturated rings. The van der Waals surface area contributed by atoms with Gasteiger partial charge < -0.3 is 14.8 Å². The van der Waals surface area contributed by atoms with E-state index >= 15 is 0 Å². The van der Waals surface area contributed by atoms with E-state index in [9.17, 15) is 0 Å². The SMILES string of the molecule is CNC(C)Cc1nc2c(c(OC)n1)CCOC2. The molecule has 1 aromatic heterocycles. The zero-order valence-corrected chi connectivity index (χ0v) is 10.6. The van der Waals surface area contributed by atoms with Crippen LogP contribution in [0.25, 0.3) is 0 Å². The van der Waals surface area contributed by atoms with E-state index in [0.717, 1.165) is 36.5 Å². The van der Waals surface area contributed by atoms with Gasteiger partial charge in [-0.3, -0.25) is 0 Å². The molecule has 5 heteroatoms. The molecule has 2 heterocycles. The van der Waals surface area contributed by atoms with Gasteiger partial charge in [-0.15, -0.1) is 0 Å². The third-order valence-electron chi connectivity index (χ3n) is 3.01. The monoisotopic (exact) mass is 237 g/mol. The van der Waals surface area contributed by atoms with Crippen LogP contribution in [0.15, 0.2) is 0 Å². The van der Waals surface area contributed by atoms with Crippen LogP contribution >= 0.6 is 0 Å². The summed E-state index contributed by atoms with van der Waals surface area (Å²) < 4.78 is 10.8. The Labute approximate surface area is 102 Å². The van der Waals surface area contributed by atoms with Crippen LogP contribution in [-0.4, -0.2) is 36.8 Å². The van der Waals surface area contributed by atoms with Crippen molar-refractivity contribution in [3.8, 4) is 5.88 Å². The molecule has 1 aliphatic heterocycles. The number of hydrogen-bond acceptors (Lipinski definition) is 5. The zero-order valence-electron chi connectivity index (χ0n) is 10.6. The number of ether oxygens (including phenoxy) is 2. The lowest BCUT2D eigenvalue weighted by Crippen LogP contribution is -2.25. The molecular weight excluding hydrogens is 218 g/mol. The first-order valence-electron chi connectivity index (χ1n) is 5.92. The molecule has 5 nitrogen and oxygen atoms in total. The average Bonchev–Trinajstić information content (AvgIpc) is 2.37. The largest absolute Gasteiger partial charge is 0.481 e. The van der Waals surface area contributed by atoms with E-state index in [1.807, 2.05) is 7.05 Å². The van der Waals surface area contributed by atoms with E-state index in [1.54, 1.807) is 7.11 Å².